The summed E-state index contributed by atoms with van der Waals surface area (Å²) in [5.41, 5.74) is 1.68. The molecule has 3 rings (SSSR count). The molecule has 1 N–H and O–H groups in total. The molecule has 0 aliphatic heterocycles. The van der Waals surface area contributed by atoms with Crippen LogP contribution >= 0.6 is 34.8 Å². The molecule has 0 radical (unpaired) electrons. The van der Waals surface area contributed by atoms with E-state index in [0.29, 0.717) is 32.0 Å². The average Bonchev–Trinajstić information content (AvgIpc) is 2.61. The number of benzene rings is 3. The fourth-order valence-electron chi connectivity index (χ4n) is 2.24. The lowest BCUT2D eigenvalue weighted by atomic mass is 10.2. The fourth-order valence-corrected chi connectivity index (χ4v) is 2.77. The zero-order valence-electron chi connectivity index (χ0n) is 12.9. The van der Waals surface area contributed by atoms with Crippen LogP contribution in [0.15, 0.2) is 77.8 Å². The van der Waals surface area contributed by atoms with E-state index in [1.807, 2.05) is 12.1 Å². The molecular weight excluding hydrogens is 379 g/mol. The summed E-state index contributed by atoms with van der Waals surface area (Å²) in [6.07, 6.45) is 0. The van der Waals surface area contributed by atoms with Crippen molar-refractivity contribution in [1.82, 2.24) is 0 Å². The van der Waals surface area contributed by atoms with Gasteiger partial charge >= 0.3 is 0 Å². The van der Waals surface area contributed by atoms with Gasteiger partial charge in [-0.2, -0.15) is 0 Å². The Bertz CT molecular complexity index is 911. The second-order valence-electron chi connectivity index (χ2n) is 5.18. The highest BCUT2D eigenvalue weighted by molar-refractivity contribution is 6.35. The van der Waals surface area contributed by atoms with Crippen molar-refractivity contribution in [2.75, 3.05) is 5.06 Å². The van der Waals surface area contributed by atoms with E-state index in [1.54, 1.807) is 60.7 Å². The molecule has 0 amide bonds. The van der Waals surface area contributed by atoms with E-state index in [4.69, 9.17) is 34.8 Å². The van der Waals surface area contributed by atoms with Gasteiger partial charge in [0.15, 0.2) is 5.84 Å². The second-order valence-corrected chi connectivity index (χ2v) is 6.46. The third kappa shape index (κ3) is 4.33. The first-order valence-corrected chi connectivity index (χ1v) is 8.52. The lowest BCUT2D eigenvalue weighted by molar-refractivity contribution is 0.313. The van der Waals surface area contributed by atoms with E-state index in [-0.39, 0.29) is 5.84 Å². The summed E-state index contributed by atoms with van der Waals surface area (Å²) >= 11 is 18.3. The van der Waals surface area contributed by atoms with Crippen LogP contribution in [0.1, 0.15) is 5.56 Å². The molecule has 6 heteroatoms. The standard InChI is InChI=1S/C19H13Cl3N2O/c20-13-8-10-16(11-9-13)24(25)19(17-6-1-2-7-18(17)22)23-15-5-3-4-14(21)12-15/h1-12,25H. The topological polar surface area (TPSA) is 35.8 Å². The van der Waals surface area contributed by atoms with Crippen molar-refractivity contribution in [3.8, 4) is 0 Å². The number of hydroxylamine groups is 1. The third-order valence-corrected chi connectivity index (χ3v) is 4.25. The zero-order valence-corrected chi connectivity index (χ0v) is 15.2. The van der Waals surface area contributed by atoms with Gasteiger partial charge in [-0.15, -0.1) is 0 Å². The number of amidine groups is 1. The number of aliphatic imine (C=N–C) groups is 1. The third-order valence-electron chi connectivity index (χ3n) is 3.43. The highest BCUT2D eigenvalue weighted by Gasteiger charge is 2.17. The maximum atomic E-state index is 10.7. The summed E-state index contributed by atoms with van der Waals surface area (Å²) in [4.78, 5) is 4.54. The molecule has 0 aromatic heterocycles. The Morgan fingerprint density at radius 2 is 1.52 bits per heavy atom. The molecule has 0 spiro atoms. The Kier molecular flexibility index (Phi) is 5.61. The highest BCUT2D eigenvalue weighted by Crippen LogP contribution is 2.26. The molecule has 0 heterocycles. The Labute approximate surface area is 160 Å². The predicted octanol–water partition coefficient (Wildman–Crippen LogP) is 6.62. The Balaban J connectivity index is 2.12. The van der Waals surface area contributed by atoms with E-state index in [0.717, 1.165) is 5.06 Å². The maximum absolute atomic E-state index is 10.7. The molecule has 0 fully saturated rings. The molecular formula is C19H13Cl3N2O. The second kappa shape index (κ2) is 7.89. The summed E-state index contributed by atoms with van der Waals surface area (Å²) in [6.45, 7) is 0. The largest absolute Gasteiger partial charge is 0.282 e. The van der Waals surface area contributed by atoms with Crippen molar-refractivity contribution >= 4 is 52.0 Å². The molecule has 3 aromatic carbocycles. The van der Waals surface area contributed by atoms with Crippen LogP contribution in [-0.2, 0) is 0 Å². The summed E-state index contributed by atoms with van der Waals surface area (Å²) < 4.78 is 0. The molecule has 0 saturated carbocycles. The van der Waals surface area contributed by atoms with Crippen molar-refractivity contribution in [2.24, 2.45) is 4.99 Å². The van der Waals surface area contributed by atoms with E-state index in [2.05, 4.69) is 4.99 Å². The minimum Gasteiger partial charge on any atom is -0.282 e. The SMILES string of the molecule is ON(C(=Nc1cccc(Cl)c1)c1ccccc1Cl)c1ccc(Cl)cc1. The van der Waals surface area contributed by atoms with Gasteiger partial charge in [0.05, 0.1) is 16.4 Å². The van der Waals surface area contributed by atoms with E-state index >= 15 is 0 Å². The summed E-state index contributed by atoms with van der Waals surface area (Å²) in [6, 6.07) is 20.9. The van der Waals surface area contributed by atoms with Gasteiger partial charge in [-0.1, -0.05) is 53.0 Å². The molecule has 25 heavy (non-hydrogen) atoms. The summed E-state index contributed by atoms with van der Waals surface area (Å²) in [5, 5.41) is 13.3. The predicted molar refractivity (Wildman–Crippen MR) is 105 cm³/mol. The zero-order chi connectivity index (χ0) is 17.8. The Morgan fingerprint density at radius 3 is 2.20 bits per heavy atom. The van der Waals surface area contributed by atoms with Crippen LogP contribution in [0, 0.1) is 0 Å². The first kappa shape index (κ1) is 17.8. The smallest absolute Gasteiger partial charge is 0.167 e. The number of nitrogens with zero attached hydrogens (tertiary/aromatic N) is 2. The summed E-state index contributed by atoms with van der Waals surface area (Å²) in [5.74, 6) is 0.273. The molecule has 3 aromatic rings. The van der Waals surface area contributed by atoms with E-state index in [1.165, 1.54) is 0 Å². The van der Waals surface area contributed by atoms with Crippen LogP contribution in [0.3, 0.4) is 0 Å². The van der Waals surface area contributed by atoms with Crippen molar-refractivity contribution < 1.29 is 5.21 Å². The van der Waals surface area contributed by atoms with Crippen molar-refractivity contribution in [1.29, 1.82) is 0 Å². The van der Waals surface area contributed by atoms with Crippen molar-refractivity contribution in [3.05, 3.63) is 93.4 Å². The van der Waals surface area contributed by atoms with E-state index < -0.39 is 0 Å². The number of anilines is 1. The molecule has 3 nitrogen and oxygen atoms in total. The fraction of sp³-hybridized carbons (Fsp3) is 0. The first-order chi connectivity index (χ1) is 12.0. The van der Waals surface area contributed by atoms with Crippen molar-refractivity contribution in [2.45, 2.75) is 0 Å². The van der Waals surface area contributed by atoms with Crippen LogP contribution in [0.25, 0.3) is 0 Å². The normalized spacial score (nSPS) is 11.4. The van der Waals surface area contributed by atoms with Gasteiger partial charge < -0.3 is 0 Å². The quantitative estimate of drug-likeness (QED) is 0.309. The number of hydrogen-bond acceptors (Lipinski definition) is 2. The molecule has 0 unspecified atom stereocenters. The number of hydrogen-bond donors (Lipinski definition) is 1. The molecule has 0 bridgehead atoms. The van der Waals surface area contributed by atoms with Gasteiger partial charge in [0.25, 0.3) is 0 Å². The molecule has 126 valence electrons. The van der Waals surface area contributed by atoms with E-state index in [9.17, 15) is 5.21 Å². The minimum absolute atomic E-state index is 0.273. The van der Waals surface area contributed by atoms with Gasteiger partial charge in [0, 0.05) is 15.6 Å². The van der Waals surface area contributed by atoms with Crippen LogP contribution < -0.4 is 5.06 Å². The van der Waals surface area contributed by atoms with Crippen LogP contribution in [0.2, 0.25) is 15.1 Å². The Hall–Kier alpha value is -2.04. The number of halogens is 3. The van der Waals surface area contributed by atoms with Crippen molar-refractivity contribution in [3.63, 3.8) is 0 Å². The number of rotatable bonds is 3. The van der Waals surface area contributed by atoms with Gasteiger partial charge in [0.2, 0.25) is 0 Å². The van der Waals surface area contributed by atoms with Crippen LogP contribution in [0.4, 0.5) is 11.4 Å². The average molecular weight is 392 g/mol. The lowest BCUT2D eigenvalue weighted by Crippen LogP contribution is -2.28. The van der Waals surface area contributed by atoms with Gasteiger partial charge in [-0.3, -0.25) is 5.21 Å². The molecule has 0 saturated heterocycles. The summed E-state index contributed by atoms with van der Waals surface area (Å²) in [7, 11) is 0. The van der Waals surface area contributed by atoms with Gasteiger partial charge in [-0.05, 0) is 54.6 Å². The highest BCUT2D eigenvalue weighted by atomic mass is 35.5. The van der Waals surface area contributed by atoms with Crippen LogP contribution in [0.5, 0.6) is 0 Å². The minimum atomic E-state index is 0.273. The lowest BCUT2D eigenvalue weighted by Gasteiger charge is -2.20. The Morgan fingerprint density at radius 1 is 0.800 bits per heavy atom. The first-order valence-electron chi connectivity index (χ1n) is 7.38. The maximum Gasteiger partial charge on any atom is 0.167 e. The van der Waals surface area contributed by atoms with Crippen LogP contribution in [-0.4, -0.2) is 11.0 Å². The monoisotopic (exact) mass is 390 g/mol. The molecule has 0 aliphatic rings. The van der Waals surface area contributed by atoms with Gasteiger partial charge in [-0.25, -0.2) is 10.1 Å². The molecule has 0 atom stereocenters. The van der Waals surface area contributed by atoms with Gasteiger partial charge in [0.1, 0.15) is 0 Å². The molecule has 0 aliphatic carbocycles.